The number of carboxylic acids is 2. The van der Waals surface area contributed by atoms with Crippen LogP contribution < -0.4 is 5.32 Å². The quantitative estimate of drug-likeness (QED) is 0.457. The van der Waals surface area contributed by atoms with Crippen molar-refractivity contribution >= 4 is 17.8 Å². The highest BCUT2D eigenvalue weighted by Gasteiger charge is 2.43. The number of carbonyl (C=O) groups excluding carboxylic acids is 1. The van der Waals surface area contributed by atoms with Crippen LogP contribution in [0.5, 0.6) is 0 Å². The molecule has 1 amide bonds. The van der Waals surface area contributed by atoms with Gasteiger partial charge >= 0.3 is 24.3 Å². The Kier molecular flexibility index (Phi) is 11.0. The Bertz CT molecular complexity index is 1120. The second-order valence-corrected chi connectivity index (χ2v) is 8.93. The fraction of sp³-hybridized carbons (Fsp3) is 0.522. The molecule has 2 fully saturated rings. The SMILES string of the molecule is Cc1cc(CN2CC[C@@]3(C[C@H](NC(=O)c4ccncc4)CCO3)C2)no1.O=C(O)C(F)(F)F.O=C(O)C(F)(F)F. The zero-order chi connectivity index (χ0) is 30.1. The van der Waals surface area contributed by atoms with Crippen molar-refractivity contribution in [2.24, 2.45) is 0 Å². The maximum Gasteiger partial charge on any atom is 0.490 e. The van der Waals surface area contributed by atoms with E-state index in [2.05, 4.69) is 20.4 Å². The zero-order valence-electron chi connectivity index (χ0n) is 21.0. The summed E-state index contributed by atoms with van der Waals surface area (Å²) in [7, 11) is 0. The van der Waals surface area contributed by atoms with Crippen molar-refractivity contribution in [3.05, 3.63) is 47.6 Å². The van der Waals surface area contributed by atoms with Gasteiger partial charge in [0, 0.05) is 56.3 Å². The molecule has 3 N–H and O–H groups in total. The lowest BCUT2D eigenvalue weighted by molar-refractivity contribution is -0.193. The number of hydrogen-bond acceptors (Lipinski definition) is 8. The van der Waals surface area contributed by atoms with Crippen molar-refractivity contribution in [3.63, 3.8) is 0 Å². The van der Waals surface area contributed by atoms with Gasteiger partial charge in [0.05, 0.1) is 11.3 Å². The normalized spacial score (nSPS) is 21.0. The second kappa shape index (κ2) is 13.6. The van der Waals surface area contributed by atoms with Gasteiger partial charge < -0.3 is 24.8 Å². The van der Waals surface area contributed by atoms with Gasteiger partial charge in [0.1, 0.15) is 5.76 Å². The first kappa shape index (κ1) is 32.5. The van der Waals surface area contributed by atoms with E-state index >= 15 is 0 Å². The average molecular weight is 584 g/mol. The number of nitrogens with zero attached hydrogens (tertiary/aromatic N) is 3. The Hall–Kier alpha value is -3.73. The van der Waals surface area contributed by atoms with Gasteiger partial charge in [0.15, 0.2) is 0 Å². The highest BCUT2D eigenvalue weighted by Crippen LogP contribution is 2.35. The third kappa shape index (κ3) is 10.4. The van der Waals surface area contributed by atoms with Crippen molar-refractivity contribution in [1.82, 2.24) is 20.4 Å². The summed E-state index contributed by atoms with van der Waals surface area (Å²) in [6.07, 6.45) is -4.22. The third-order valence-electron chi connectivity index (χ3n) is 5.71. The van der Waals surface area contributed by atoms with E-state index in [0.717, 1.165) is 50.4 Å². The van der Waals surface area contributed by atoms with Gasteiger partial charge in [0.2, 0.25) is 0 Å². The molecule has 2 aliphatic rings. The highest BCUT2D eigenvalue weighted by atomic mass is 19.4. The standard InChI is InChI=1S/C19H24N4O3.2C2HF3O2/c1-14-10-17(22-26-14)12-23-8-5-19(13-23)11-16(4-9-25-19)21-18(24)15-2-6-20-7-3-15;2*3-2(4,5)1(6)7/h2-3,6-7,10,16H,4-5,8-9,11-13H2,1H3,(H,21,24);2*(H,6,7)/t16-,19-;;/m1../s1. The maximum atomic E-state index is 12.4. The second-order valence-electron chi connectivity index (χ2n) is 8.93. The monoisotopic (exact) mass is 584 g/mol. The van der Waals surface area contributed by atoms with Crippen molar-refractivity contribution < 1.29 is 60.2 Å². The smallest absolute Gasteiger partial charge is 0.475 e. The fourth-order valence-corrected chi connectivity index (χ4v) is 3.99. The number of hydrogen-bond donors (Lipinski definition) is 3. The molecule has 11 nitrogen and oxygen atoms in total. The van der Waals surface area contributed by atoms with Crippen molar-refractivity contribution in [2.75, 3.05) is 19.7 Å². The van der Waals surface area contributed by atoms with Crippen LogP contribution in [0.25, 0.3) is 0 Å². The van der Waals surface area contributed by atoms with E-state index in [4.69, 9.17) is 29.1 Å². The molecule has 0 aliphatic carbocycles. The molecular weight excluding hydrogens is 558 g/mol. The van der Waals surface area contributed by atoms with Gasteiger partial charge in [-0.25, -0.2) is 9.59 Å². The van der Waals surface area contributed by atoms with Gasteiger partial charge in [-0.15, -0.1) is 0 Å². The summed E-state index contributed by atoms with van der Waals surface area (Å²) in [4.78, 5) is 36.5. The number of ether oxygens (including phenoxy) is 1. The first-order valence-corrected chi connectivity index (χ1v) is 11.6. The molecule has 0 unspecified atom stereocenters. The van der Waals surface area contributed by atoms with Crippen LogP contribution in [0, 0.1) is 6.92 Å². The summed E-state index contributed by atoms with van der Waals surface area (Å²) in [6, 6.07) is 5.59. The molecule has 0 aromatic carbocycles. The Morgan fingerprint density at radius 3 is 2.17 bits per heavy atom. The number of amides is 1. The van der Waals surface area contributed by atoms with Crippen LogP contribution in [0.4, 0.5) is 26.3 Å². The van der Waals surface area contributed by atoms with E-state index in [-0.39, 0.29) is 17.6 Å². The average Bonchev–Trinajstić information content (AvgIpc) is 3.44. The number of alkyl halides is 6. The molecule has 17 heteroatoms. The molecule has 4 heterocycles. The molecule has 2 aromatic heterocycles. The van der Waals surface area contributed by atoms with Gasteiger partial charge in [-0.3, -0.25) is 14.7 Å². The zero-order valence-corrected chi connectivity index (χ0v) is 21.0. The minimum absolute atomic E-state index is 0.0395. The number of aryl methyl sites for hydroxylation is 1. The summed E-state index contributed by atoms with van der Waals surface area (Å²) in [5, 5.41) is 21.5. The number of aliphatic carboxylic acids is 2. The molecule has 2 aromatic rings. The Morgan fingerprint density at radius 1 is 1.10 bits per heavy atom. The molecule has 40 heavy (non-hydrogen) atoms. The minimum Gasteiger partial charge on any atom is -0.475 e. The first-order valence-electron chi connectivity index (χ1n) is 11.6. The molecule has 2 atom stereocenters. The van der Waals surface area contributed by atoms with Crippen LogP contribution in [0.1, 0.15) is 41.1 Å². The number of rotatable bonds is 4. The van der Waals surface area contributed by atoms with Crippen LogP contribution >= 0.6 is 0 Å². The Labute approximate surface area is 223 Å². The predicted octanol–water partition coefficient (Wildman–Crippen LogP) is 3.20. The van der Waals surface area contributed by atoms with E-state index in [1.54, 1.807) is 24.5 Å². The van der Waals surface area contributed by atoms with Gasteiger partial charge in [-0.05, 0) is 38.3 Å². The van der Waals surface area contributed by atoms with Crippen LogP contribution in [-0.2, 0) is 20.9 Å². The number of aromatic nitrogens is 2. The Balaban J connectivity index is 0.000000333. The van der Waals surface area contributed by atoms with E-state index in [1.807, 2.05) is 13.0 Å². The number of nitrogens with one attached hydrogen (secondary N) is 1. The summed E-state index contributed by atoms with van der Waals surface area (Å²) >= 11 is 0. The van der Waals surface area contributed by atoms with Gasteiger partial charge in [-0.1, -0.05) is 5.16 Å². The van der Waals surface area contributed by atoms with E-state index in [1.165, 1.54) is 0 Å². The van der Waals surface area contributed by atoms with Crippen molar-refractivity contribution in [3.8, 4) is 0 Å². The lowest BCUT2D eigenvalue weighted by Gasteiger charge is -2.38. The molecule has 4 rings (SSSR count). The van der Waals surface area contributed by atoms with Crippen LogP contribution in [0.15, 0.2) is 35.1 Å². The topological polar surface area (TPSA) is 155 Å². The molecule has 2 saturated heterocycles. The summed E-state index contributed by atoms with van der Waals surface area (Å²) in [6.45, 7) is 5.19. The van der Waals surface area contributed by atoms with Crippen LogP contribution in [0.3, 0.4) is 0 Å². The molecule has 2 aliphatic heterocycles. The molecule has 222 valence electrons. The minimum atomic E-state index is -5.08. The predicted molar refractivity (Wildman–Crippen MR) is 122 cm³/mol. The molecule has 1 spiro atoms. The number of likely N-dealkylation sites (tertiary alicyclic amines) is 1. The van der Waals surface area contributed by atoms with Crippen LogP contribution in [0.2, 0.25) is 0 Å². The summed E-state index contributed by atoms with van der Waals surface area (Å²) in [5.74, 6) is -4.72. The third-order valence-corrected chi connectivity index (χ3v) is 5.71. The number of carboxylic acid groups (broad SMARTS) is 2. The largest absolute Gasteiger partial charge is 0.490 e. The number of halogens is 6. The maximum absolute atomic E-state index is 12.4. The highest BCUT2D eigenvalue weighted by molar-refractivity contribution is 5.94. The van der Waals surface area contributed by atoms with E-state index in [9.17, 15) is 31.1 Å². The lowest BCUT2D eigenvalue weighted by Crippen LogP contribution is -2.49. The fourth-order valence-electron chi connectivity index (χ4n) is 3.99. The molecule has 0 radical (unpaired) electrons. The van der Waals surface area contributed by atoms with Gasteiger partial charge in [0.25, 0.3) is 5.91 Å². The molecule has 0 saturated carbocycles. The van der Waals surface area contributed by atoms with Crippen LogP contribution in [-0.4, -0.2) is 86.8 Å². The summed E-state index contributed by atoms with van der Waals surface area (Å²) < 4.78 is 74.8. The Morgan fingerprint density at radius 2 is 1.68 bits per heavy atom. The first-order chi connectivity index (χ1) is 18.5. The number of pyridine rings is 1. The lowest BCUT2D eigenvalue weighted by atomic mass is 9.89. The summed E-state index contributed by atoms with van der Waals surface area (Å²) in [5.41, 5.74) is 1.43. The van der Waals surface area contributed by atoms with Gasteiger partial charge in [-0.2, -0.15) is 26.3 Å². The molecule has 0 bridgehead atoms. The van der Waals surface area contributed by atoms with E-state index in [0.29, 0.717) is 12.2 Å². The number of carbonyl (C=O) groups is 3. The van der Waals surface area contributed by atoms with Crippen molar-refractivity contribution in [1.29, 1.82) is 0 Å². The molecular formula is C23H26F6N4O7. The van der Waals surface area contributed by atoms with E-state index < -0.39 is 24.3 Å². The van der Waals surface area contributed by atoms with Crippen molar-refractivity contribution in [2.45, 2.75) is 56.7 Å².